The number of imidazole rings is 2. The summed E-state index contributed by atoms with van der Waals surface area (Å²) in [6.07, 6.45) is 14.8. The molecule has 0 spiro atoms. The minimum atomic E-state index is 0.244. The monoisotopic (exact) mass is 678 g/mol. The molecule has 49 heavy (non-hydrogen) atoms. The Morgan fingerprint density at radius 1 is 0.694 bits per heavy atom. The first kappa shape index (κ1) is 33.3. The van der Waals surface area contributed by atoms with E-state index in [1.165, 1.54) is 0 Å². The number of nitrogen functional groups attached to an aromatic ring is 1. The summed E-state index contributed by atoms with van der Waals surface area (Å²) in [5, 5.41) is 14.5. The third-order valence-corrected chi connectivity index (χ3v) is 8.16. The van der Waals surface area contributed by atoms with Crippen molar-refractivity contribution >= 4 is 62.3 Å². The molecule has 8 heterocycles. The van der Waals surface area contributed by atoms with Crippen LogP contribution in [0.4, 0.5) is 17.3 Å². The summed E-state index contributed by atoms with van der Waals surface area (Å²) in [6, 6.07) is 4.52. The second kappa shape index (κ2) is 13.5. The molecule has 0 saturated carbocycles. The van der Waals surface area contributed by atoms with E-state index < -0.39 is 0 Å². The molecule has 8 aromatic heterocycles. The maximum absolute atomic E-state index is 5.74. The second-order valence-corrected chi connectivity index (χ2v) is 12.7. The van der Waals surface area contributed by atoms with Gasteiger partial charge in [-0.1, -0.05) is 0 Å². The van der Waals surface area contributed by atoms with E-state index in [0.717, 1.165) is 67.3 Å². The fourth-order valence-corrected chi connectivity index (χ4v) is 5.40. The molecule has 0 fully saturated rings. The van der Waals surface area contributed by atoms with E-state index in [1.54, 1.807) is 18.6 Å². The van der Waals surface area contributed by atoms with Gasteiger partial charge >= 0.3 is 0 Å². The lowest BCUT2D eigenvalue weighted by Crippen LogP contribution is -2.06. The van der Waals surface area contributed by atoms with Gasteiger partial charge in [-0.25, -0.2) is 29.3 Å². The Morgan fingerprint density at radius 2 is 1.22 bits per heavy atom. The molecule has 0 aliphatic carbocycles. The average molecular weight is 679 g/mol. The molecule has 0 amide bonds. The van der Waals surface area contributed by atoms with Crippen molar-refractivity contribution in [3.05, 3.63) is 89.5 Å². The molecule has 0 unspecified atom stereocenters. The minimum absolute atomic E-state index is 0.244. The highest BCUT2D eigenvalue weighted by molar-refractivity contribution is 6.28. The predicted octanol–water partition coefficient (Wildman–Crippen LogP) is 7.01. The van der Waals surface area contributed by atoms with Gasteiger partial charge in [0.15, 0.2) is 11.3 Å². The minimum Gasteiger partial charge on any atom is -0.397 e. The van der Waals surface area contributed by atoms with Crippen LogP contribution >= 0.6 is 11.6 Å². The van der Waals surface area contributed by atoms with Crippen LogP contribution in [0.1, 0.15) is 62.3 Å². The number of hydrogen-bond acceptors (Lipinski definition) is 10. The van der Waals surface area contributed by atoms with Gasteiger partial charge in [0.1, 0.15) is 11.3 Å². The average Bonchev–Trinajstić information content (AvgIpc) is 3.84. The lowest BCUT2D eigenvalue weighted by Gasteiger charge is -2.10. The van der Waals surface area contributed by atoms with Crippen molar-refractivity contribution in [1.29, 1.82) is 0 Å². The second-order valence-electron chi connectivity index (χ2n) is 12.3. The number of nitrogens with zero attached hydrogens (tertiary/aromatic N) is 12. The summed E-state index contributed by atoms with van der Waals surface area (Å²) >= 11 is 5.74. The van der Waals surface area contributed by atoms with Crippen LogP contribution in [0.2, 0.25) is 5.28 Å². The van der Waals surface area contributed by atoms with Crippen molar-refractivity contribution in [2.45, 2.75) is 67.5 Å². The largest absolute Gasteiger partial charge is 0.397 e. The standard InChI is InChI=1S/C17H19N7.C9H11ClN4.C8H9N3/c1-10(2)24-16-13(12(4)22-24)8-19-17(21-16)20-14-9-23-6-5-18-15(23)7-11(14)3;1-5(2)14-8-7(6(3)13-14)4-11-9(10)12-8;1-6-4-8-10-2-3-11(8)5-7(6)9/h5-10H,1-4H3,(H,19,20,21);4-5H,1-3H3;2-5H,9H2,1H3. The van der Waals surface area contributed by atoms with Crippen LogP contribution in [0, 0.1) is 27.7 Å². The van der Waals surface area contributed by atoms with E-state index in [1.807, 2.05) is 89.0 Å². The first-order chi connectivity index (χ1) is 23.4. The van der Waals surface area contributed by atoms with Crippen LogP contribution in [0.25, 0.3) is 33.4 Å². The van der Waals surface area contributed by atoms with E-state index in [-0.39, 0.29) is 17.4 Å². The van der Waals surface area contributed by atoms with Gasteiger partial charge in [-0.2, -0.15) is 20.2 Å². The van der Waals surface area contributed by atoms with Gasteiger partial charge in [-0.05, 0) is 90.3 Å². The fourth-order valence-electron chi connectivity index (χ4n) is 5.27. The number of rotatable bonds is 4. The Labute approximate surface area is 288 Å². The molecule has 15 heteroatoms. The van der Waals surface area contributed by atoms with Gasteiger partial charge < -0.3 is 19.9 Å². The lowest BCUT2D eigenvalue weighted by atomic mass is 10.2. The molecule has 14 nitrogen and oxygen atoms in total. The molecular formula is C34H39ClN14. The summed E-state index contributed by atoms with van der Waals surface area (Å²) in [5.41, 5.74) is 15.0. The third-order valence-electron chi connectivity index (χ3n) is 7.98. The quantitative estimate of drug-likeness (QED) is 0.185. The molecule has 0 aliphatic rings. The van der Waals surface area contributed by atoms with Gasteiger partial charge in [0.2, 0.25) is 11.2 Å². The highest BCUT2D eigenvalue weighted by Gasteiger charge is 2.14. The van der Waals surface area contributed by atoms with E-state index in [9.17, 15) is 0 Å². The Morgan fingerprint density at radius 3 is 1.82 bits per heavy atom. The Bertz CT molecular complexity index is 2380. The Kier molecular flexibility index (Phi) is 9.15. The zero-order chi connectivity index (χ0) is 35.0. The van der Waals surface area contributed by atoms with E-state index in [0.29, 0.717) is 5.95 Å². The fraction of sp³-hybridized carbons (Fsp3) is 0.294. The molecule has 0 atom stereocenters. The van der Waals surface area contributed by atoms with Gasteiger partial charge in [-0.15, -0.1) is 0 Å². The third kappa shape index (κ3) is 6.85. The number of aromatic nitrogens is 12. The molecule has 0 saturated heterocycles. The highest BCUT2D eigenvalue weighted by atomic mass is 35.5. The van der Waals surface area contributed by atoms with E-state index in [2.05, 4.69) is 73.1 Å². The van der Waals surface area contributed by atoms with Gasteiger partial charge in [0.05, 0.1) is 33.5 Å². The number of fused-ring (bicyclic) bond motifs is 4. The summed E-state index contributed by atoms with van der Waals surface area (Å²) in [6.45, 7) is 16.2. The smallest absolute Gasteiger partial charge is 0.229 e. The summed E-state index contributed by atoms with van der Waals surface area (Å²) in [5.74, 6) is 0.562. The number of aryl methyl sites for hydroxylation is 4. The van der Waals surface area contributed by atoms with Crippen molar-refractivity contribution in [2.75, 3.05) is 11.1 Å². The van der Waals surface area contributed by atoms with Crippen LogP contribution in [0.15, 0.2) is 61.7 Å². The molecule has 8 aromatic rings. The SMILES string of the molecule is Cc1cc2nccn2cc1N.Cc1cc2nccn2cc1Nc1ncc2c(C)nn(C(C)C)c2n1.Cc1nn(C(C)C)c2nc(Cl)ncc12. The zero-order valence-corrected chi connectivity index (χ0v) is 29.5. The maximum Gasteiger partial charge on any atom is 0.229 e. The van der Waals surface area contributed by atoms with E-state index >= 15 is 0 Å². The van der Waals surface area contributed by atoms with Gasteiger partial charge in [0, 0.05) is 61.7 Å². The summed E-state index contributed by atoms with van der Waals surface area (Å²) in [7, 11) is 0. The number of pyridine rings is 2. The molecule has 0 radical (unpaired) electrons. The topological polar surface area (TPSA) is 160 Å². The van der Waals surface area contributed by atoms with Crippen molar-refractivity contribution in [2.24, 2.45) is 0 Å². The normalized spacial score (nSPS) is 11.4. The molecule has 252 valence electrons. The molecule has 0 aromatic carbocycles. The number of hydrogen-bond donors (Lipinski definition) is 2. The van der Waals surface area contributed by atoms with Gasteiger partial charge in [0.25, 0.3) is 0 Å². The Hall–Kier alpha value is -5.63. The number of anilines is 3. The first-order valence-corrected chi connectivity index (χ1v) is 16.3. The number of halogens is 1. The number of nitrogens with two attached hydrogens (primary N) is 1. The molecule has 8 rings (SSSR count). The zero-order valence-electron chi connectivity index (χ0n) is 28.8. The molecular weight excluding hydrogens is 640 g/mol. The van der Waals surface area contributed by atoms with Crippen molar-refractivity contribution in [1.82, 2.24) is 58.3 Å². The van der Waals surface area contributed by atoms with Gasteiger partial charge in [-0.3, -0.25) is 0 Å². The van der Waals surface area contributed by atoms with Crippen LogP contribution in [0.5, 0.6) is 0 Å². The van der Waals surface area contributed by atoms with Crippen molar-refractivity contribution in [3.63, 3.8) is 0 Å². The maximum atomic E-state index is 5.74. The number of nitrogens with one attached hydrogen (secondary N) is 1. The van der Waals surface area contributed by atoms with Crippen molar-refractivity contribution < 1.29 is 0 Å². The van der Waals surface area contributed by atoms with E-state index in [4.69, 9.17) is 17.3 Å². The van der Waals surface area contributed by atoms with Crippen LogP contribution in [-0.4, -0.2) is 58.3 Å². The molecule has 3 N–H and O–H groups in total. The lowest BCUT2D eigenvalue weighted by molar-refractivity contribution is 0.542. The predicted molar refractivity (Wildman–Crippen MR) is 193 cm³/mol. The van der Waals surface area contributed by atoms with Crippen LogP contribution in [0.3, 0.4) is 0 Å². The van der Waals surface area contributed by atoms with Crippen LogP contribution in [-0.2, 0) is 0 Å². The first-order valence-electron chi connectivity index (χ1n) is 15.9. The van der Waals surface area contributed by atoms with Crippen molar-refractivity contribution in [3.8, 4) is 0 Å². The highest BCUT2D eigenvalue weighted by Crippen LogP contribution is 2.24. The summed E-state index contributed by atoms with van der Waals surface area (Å²) in [4.78, 5) is 25.7. The van der Waals surface area contributed by atoms with Crippen LogP contribution < -0.4 is 11.1 Å². The molecule has 0 bridgehead atoms. The Balaban J connectivity index is 0.000000141. The molecule has 0 aliphatic heterocycles. The summed E-state index contributed by atoms with van der Waals surface area (Å²) < 4.78 is 7.67.